The van der Waals surface area contributed by atoms with Crippen LogP contribution in [0.15, 0.2) is 146 Å². The maximum Gasteiger partial charge on any atom is 0.210 e. The van der Waals surface area contributed by atoms with E-state index in [1.54, 1.807) is 0 Å². The Hall–Kier alpha value is -5.13. The van der Waals surface area contributed by atoms with Crippen molar-refractivity contribution >= 4 is 33.5 Å². The van der Waals surface area contributed by atoms with E-state index in [4.69, 9.17) is 6.57 Å². The molecule has 0 radical (unpaired) electrons. The quantitative estimate of drug-likeness (QED) is 0.226. The maximum absolute atomic E-state index is 7.72. The van der Waals surface area contributed by atoms with Gasteiger partial charge in [-0.15, -0.1) is 0 Å². The SMILES string of the molecule is [C-]#[N+]c1ccccc1N(c1ccccc1)c1ccc(-c2cc3ccccc3cc2-c2ccccc2)cc1. The summed E-state index contributed by atoms with van der Waals surface area (Å²) in [7, 11) is 0. The summed E-state index contributed by atoms with van der Waals surface area (Å²) in [4.78, 5) is 5.94. The molecule has 174 valence electrons. The molecule has 0 saturated carbocycles. The Kier molecular flexibility index (Phi) is 5.95. The van der Waals surface area contributed by atoms with Crippen LogP contribution in [0.4, 0.5) is 22.7 Å². The second-order valence-electron chi connectivity index (χ2n) is 8.93. The Morgan fingerprint density at radius 3 is 1.57 bits per heavy atom. The summed E-state index contributed by atoms with van der Waals surface area (Å²) in [6.45, 7) is 7.72. The number of hydrogen-bond donors (Lipinski definition) is 0. The smallest absolute Gasteiger partial charge is 0.210 e. The zero-order valence-electron chi connectivity index (χ0n) is 20.3. The molecule has 0 saturated heterocycles. The third kappa shape index (κ3) is 4.35. The van der Waals surface area contributed by atoms with Crippen molar-refractivity contribution < 1.29 is 0 Å². The third-order valence-corrected chi connectivity index (χ3v) is 6.66. The molecule has 0 amide bonds. The summed E-state index contributed by atoms with van der Waals surface area (Å²) in [5, 5.41) is 2.45. The van der Waals surface area contributed by atoms with Gasteiger partial charge in [-0.2, -0.15) is 0 Å². The fourth-order valence-electron chi connectivity index (χ4n) is 4.88. The minimum Gasteiger partial charge on any atom is -0.320 e. The van der Waals surface area contributed by atoms with Gasteiger partial charge in [-0.1, -0.05) is 103 Å². The Bertz CT molecular complexity index is 1710. The average Bonchev–Trinajstić information content (AvgIpc) is 2.98. The van der Waals surface area contributed by atoms with Crippen molar-refractivity contribution in [3.05, 3.63) is 157 Å². The van der Waals surface area contributed by atoms with Crippen LogP contribution in [0.1, 0.15) is 0 Å². The van der Waals surface area contributed by atoms with E-state index in [2.05, 4.69) is 113 Å². The van der Waals surface area contributed by atoms with Crippen molar-refractivity contribution in [1.29, 1.82) is 0 Å². The van der Waals surface area contributed by atoms with Crippen LogP contribution in [0.25, 0.3) is 37.9 Å². The van der Waals surface area contributed by atoms with E-state index in [1.165, 1.54) is 27.5 Å². The lowest BCUT2D eigenvalue weighted by molar-refractivity contribution is 1.29. The summed E-state index contributed by atoms with van der Waals surface area (Å²) < 4.78 is 0. The summed E-state index contributed by atoms with van der Waals surface area (Å²) in [5.41, 5.74) is 8.28. The van der Waals surface area contributed by atoms with Crippen molar-refractivity contribution in [2.24, 2.45) is 0 Å². The number of nitrogens with zero attached hydrogens (tertiary/aromatic N) is 2. The van der Waals surface area contributed by atoms with E-state index in [1.807, 2.05) is 42.5 Å². The highest BCUT2D eigenvalue weighted by atomic mass is 15.2. The first kappa shape index (κ1) is 22.3. The van der Waals surface area contributed by atoms with Crippen molar-refractivity contribution in [3.8, 4) is 22.3 Å². The fraction of sp³-hybridized carbons (Fsp3) is 0. The molecule has 2 nitrogen and oxygen atoms in total. The van der Waals surface area contributed by atoms with Gasteiger partial charge >= 0.3 is 0 Å². The Balaban J connectivity index is 1.49. The van der Waals surface area contributed by atoms with E-state index in [0.717, 1.165) is 22.6 Å². The largest absolute Gasteiger partial charge is 0.320 e. The summed E-state index contributed by atoms with van der Waals surface area (Å²) in [6, 6.07) is 50.3. The summed E-state index contributed by atoms with van der Waals surface area (Å²) in [5.74, 6) is 0. The van der Waals surface area contributed by atoms with Crippen LogP contribution in [-0.4, -0.2) is 0 Å². The monoisotopic (exact) mass is 472 g/mol. The van der Waals surface area contributed by atoms with Gasteiger partial charge in [0.2, 0.25) is 5.69 Å². The molecule has 0 atom stereocenters. The first-order chi connectivity index (χ1) is 18.3. The molecule has 0 spiro atoms. The van der Waals surface area contributed by atoms with Gasteiger partial charge in [-0.3, -0.25) is 0 Å². The summed E-state index contributed by atoms with van der Waals surface area (Å²) >= 11 is 0. The predicted octanol–water partition coefficient (Wildman–Crippen LogP) is 10.2. The zero-order valence-corrected chi connectivity index (χ0v) is 20.3. The Morgan fingerprint density at radius 1 is 0.459 bits per heavy atom. The topological polar surface area (TPSA) is 7.60 Å². The molecule has 2 heteroatoms. The third-order valence-electron chi connectivity index (χ3n) is 6.66. The molecule has 0 aliphatic rings. The molecular formula is C35H24N2. The summed E-state index contributed by atoms with van der Waals surface area (Å²) in [6.07, 6.45) is 0. The second-order valence-corrected chi connectivity index (χ2v) is 8.93. The molecule has 0 aliphatic carbocycles. The lowest BCUT2D eigenvalue weighted by Gasteiger charge is -2.27. The van der Waals surface area contributed by atoms with E-state index in [0.29, 0.717) is 5.69 Å². The van der Waals surface area contributed by atoms with Gasteiger partial charge in [0.05, 0.1) is 12.3 Å². The lowest BCUT2D eigenvalue weighted by atomic mass is 9.91. The number of fused-ring (bicyclic) bond motifs is 1. The number of hydrogen-bond acceptors (Lipinski definition) is 1. The van der Waals surface area contributed by atoms with Gasteiger partial charge in [0.15, 0.2) is 0 Å². The van der Waals surface area contributed by atoms with Crippen molar-refractivity contribution in [2.75, 3.05) is 4.90 Å². The van der Waals surface area contributed by atoms with E-state index in [-0.39, 0.29) is 0 Å². The standard InChI is InChI=1S/C35H24N2/c1-36-34-18-10-11-19-35(34)37(30-16-6-3-7-17-30)31-22-20-27(21-23-31)33-25-29-15-9-8-14-28(29)24-32(33)26-12-4-2-5-13-26/h2-25H. The molecule has 6 rings (SSSR count). The molecule has 0 fully saturated rings. The fourth-order valence-corrected chi connectivity index (χ4v) is 4.88. The van der Waals surface area contributed by atoms with Crippen LogP contribution >= 0.6 is 0 Å². The molecule has 0 heterocycles. The molecule has 0 unspecified atom stereocenters. The van der Waals surface area contributed by atoms with Crippen molar-refractivity contribution in [3.63, 3.8) is 0 Å². The normalized spacial score (nSPS) is 10.7. The molecular weight excluding hydrogens is 448 g/mol. The Labute approximate surface area is 217 Å². The predicted molar refractivity (Wildman–Crippen MR) is 156 cm³/mol. The van der Waals surface area contributed by atoms with Crippen molar-refractivity contribution in [2.45, 2.75) is 0 Å². The van der Waals surface area contributed by atoms with E-state index in [9.17, 15) is 0 Å². The molecule has 6 aromatic rings. The number of rotatable bonds is 5. The molecule has 0 aliphatic heterocycles. The van der Waals surface area contributed by atoms with Crippen molar-refractivity contribution in [1.82, 2.24) is 0 Å². The maximum atomic E-state index is 7.72. The highest BCUT2D eigenvalue weighted by Gasteiger charge is 2.16. The second kappa shape index (κ2) is 9.85. The highest BCUT2D eigenvalue weighted by molar-refractivity contribution is 5.97. The lowest BCUT2D eigenvalue weighted by Crippen LogP contribution is -2.09. The van der Waals surface area contributed by atoms with Gasteiger partial charge < -0.3 is 4.90 Å². The first-order valence-electron chi connectivity index (χ1n) is 12.3. The van der Waals surface area contributed by atoms with Gasteiger partial charge in [0, 0.05) is 11.4 Å². The van der Waals surface area contributed by atoms with Crippen LogP contribution in [0, 0.1) is 6.57 Å². The van der Waals surface area contributed by atoms with E-state index < -0.39 is 0 Å². The highest BCUT2D eigenvalue weighted by Crippen LogP contribution is 2.41. The van der Waals surface area contributed by atoms with Crippen LogP contribution in [0.5, 0.6) is 0 Å². The van der Waals surface area contributed by atoms with Gasteiger partial charge in [-0.25, -0.2) is 4.85 Å². The average molecular weight is 473 g/mol. The minimum absolute atomic E-state index is 0.622. The molecule has 37 heavy (non-hydrogen) atoms. The van der Waals surface area contributed by atoms with Crippen LogP contribution in [0.3, 0.4) is 0 Å². The molecule has 0 bridgehead atoms. The van der Waals surface area contributed by atoms with Gasteiger partial charge in [0.1, 0.15) is 0 Å². The number of benzene rings is 6. The Morgan fingerprint density at radius 2 is 0.946 bits per heavy atom. The molecule has 6 aromatic carbocycles. The zero-order chi connectivity index (χ0) is 25.0. The molecule has 0 aromatic heterocycles. The van der Waals surface area contributed by atoms with Gasteiger partial charge in [-0.05, 0) is 75.5 Å². The number of para-hydroxylation sites is 3. The van der Waals surface area contributed by atoms with Crippen LogP contribution in [-0.2, 0) is 0 Å². The minimum atomic E-state index is 0.622. The van der Waals surface area contributed by atoms with Crippen LogP contribution < -0.4 is 4.90 Å². The first-order valence-corrected chi connectivity index (χ1v) is 12.3. The molecule has 0 N–H and O–H groups in total. The van der Waals surface area contributed by atoms with Crippen LogP contribution in [0.2, 0.25) is 0 Å². The van der Waals surface area contributed by atoms with E-state index >= 15 is 0 Å². The number of anilines is 3. The van der Waals surface area contributed by atoms with Gasteiger partial charge in [0.25, 0.3) is 0 Å².